The Balaban J connectivity index is 1.67. The molecule has 2 aromatic rings. The number of anilines is 1. The van der Waals surface area contributed by atoms with E-state index in [-0.39, 0.29) is 38.8 Å². The number of hydrogen-bond donors (Lipinski definition) is 2. The van der Waals surface area contributed by atoms with Gasteiger partial charge in [0.25, 0.3) is 0 Å². The lowest BCUT2D eigenvalue weighted by Gasteiger charge is -2.30. The van der Waals surface area contributed by atoms with Crippen LogP contribution in [-0.2, 0) is 26.2 Å². The van der Waals surface area contributed by atoms with Crippen LogP contribution < -0.4 is 23.8 Å². The van der Waals surface area contributed by atoms with Crippen LogP contribution in [0, 0.1) is 5.92 Å². The van der Waals surface area contributed by atoms with Crippen molar-refractivity contribution in [2.45, 2.75) is 44.7 Å². The third kappa shape index (κ3) is 8.87. The van der Waals surface area contributed by atoms with Crippen molar-refractivity contribution in [1.29, 1.82) is 0 Å². The van der Waals surface area contributed by atoms with Crippen LogP contribution in [0.2, 0.25) is 0 Å². The van der Waals surface area contributed by atoms with Crippen LogP contribution >= 0.6 is 0 Å². The molecule has 0 aliphatic carbocycles. The maximum atomic E-state index is 14.1. The van der Waals surface area contributed by atoms with E-state index in [0.717, 1.165) is 41.4 Å². The molecule has 13 heteroatoms. The lowest BCUT2D eigenvalue weighted by Crippen LogP contribution is -2.45. The molecule has 2 heterocycles. The summed E-state index contributed by atoms with van der Waals surface area (Å²) in [5.74, 6) is -1.22. The fourth-order valence-corrected chi connectivity index (χ4v) is 6.78. The summed E-state index contributed by atoms with van der Waals surface area (Å²) in [5.41, 5.74) is 2.61. The minimum atomic E-state index is -3.49. The quantitative estimate of drug-likeness (QED) is 0.280. The Bertz CT molecular complexity index is 1480. The Morgan fingerprint density at radius 1 is 1.18 bits per heavy atom. The van der Waals surface area contributed by atoms with E-state index in [0.29, 0.717) is 29.4 Å². The number of unbranched alkanes of at least 4 members (excludes halogenated alkanes) is 1. The molecular formula is C32H47N4O8S+. The number of quaternary nitrogens is 1. The Labute approximate surface area is 266 Å². The van der Waals surface area contributed by atoms with Crippen molar-refractivity contribution in [1.82, 2.24) is 9.62 Å². The highest BCUT2D eigenvalue weighted by Gasteiger charge is 2.47. The maximum absolute atomic E-state index is 14.1. The predicted octanol–water partition coefficient (Wildman–Crippen LogP) is 2.87. The van der Waals surface area contributed by atoms with Gasteiger partial charge >= 0.3 is 5.97 Å². The minimum Gasteiger partial charge on any atom is -0.493 e. The summed E-state index contributed by atoms with van der Waals surface area (Å²) in [6.07, 6.45) is 2.99. The van der Waals surface area contributed by atoms with Crippen molar-refractivity contribution >= 4 is 27.6 Å². The molecule has 248 valence electrons. The second-order valence-corrected chi connectivity index (χ2v) is 14.7. The molecule has 1 amide bonds. The molecule has 2 aromatic carbocycles. The number of carbonyl (C=O) groups is 2. The molecule has 2 aliphatic rings. The zero-order valence-electron chi connectivity index (χ0n) is 27.1. The number of carbonyl (C=O) groups excluding carboxylic acids is 1. The Morgan fingerprint density at radius 3 is 2.58 bits per heavy atom. The molecule has 1 unspecified atom stereocenters. The second kappa shape index (κ2) is 14.4. The lowest BCUT2D eigenvalue weighted by atomic mass is 9.84. The molecule has 45 heavy (non-hydrogen) atoms. The number of aliphatic carboxylic acids is 1. The number of carboxylic acids is 1. The number of nitrogens with zero attached hydrogens (tertiary/aromatic N) is 3. The fourth-order valence-electron chi connectivity index (χ4n) is 6.29. The van der Waals surface area contributed by atoms with Crippen LogP contribution in [-0.4, -0.2) is 108 Å². The molecule has 12 nitrogen and oxygen atoms in total. The van der Waals surface area contributed by atoms with Crippen LogP contribution in [0.15, 0.2) is 36.4 Å². The molecule has 2 aliphatic heterocycles. The summed E-state index contributed by atoms with van der Waals surface area (Å²) in [4.78, 5) is 30.7. The lowest BCUT2D eigenvalue weighted by molar-refractivity contribution is -0.884. The summed E-state index contributed by atoms with van der Waals surface area (Å²) in [7, 11) is 4.36. The number of carboxylic acid groups (broad SMARTS) is 1. The number of nitrogens with one attached hydrogen (secondary N) is 1. The molecule has 2 N–H and O–H groups in total. The van der Waals surface area contributed by atoms with E-state index in [2.05, 4.69) is 44.9 Å². The molecule has 0 saturated carbocycles. The Hall–Kier alpha value is -3.39. The van der Waals surface area contributed by atoms with Crippen molar-refractivity contribution in [3.05, 3.63) is 47.5 Å². The van der Waals surface area contributed by atoms with Crippen LogP contribution in [0.4, 0.5) is 5.69 Å². The molecular weight excluding hydrogens is 600 g/mol. The topological polar surface area (TPSA) is 135 Å². The van der Waals surface area contributed by atoms with Gasteiger partial charge in [-0.1, -0.05) is 25.5 Å². The number of hydrogen-bond acceptors (Lipinski definition) is 8. The van der Waals surface area contributed by atoms with Crippen molar-refractivity contribution in [3.8, 4) is 17.2 Å². The van der Waals surface area contributed by atoms with Gasteiger partial charge in [-0.05, 0) is 42.7 Å². The summed E-state index contributed by atoms with van der Waals surface area (Å²) in [6, 6.07) is 10.9. The van der Waals surface area contributed by atoms with Gasteiger partial charge < -0.3 is 28.7 Å². The SMILES string of the molecule is CCCCN(C(=O)CN1C[C@H](c2cc(OC)c3c(c2)OCO3)C(C(=O)O)[C@@H]1CCNS(C)(=O)=O)c1cccc(C[N+](C)(C)C)c1. The number of sulfonamides is 1. The largest absolute Gasteiger partial charge is 0.493 e. The first kappa shape index (κ1) is 34.5. The normalized spacial score (nSPS) is 19.9. The summed E-state index contributed by atoms with van der Waals surface area (Å²) < 4.78 is 43.6. The minimum absolute atomic E-state index is 0.0191. The third-order valence-electron chi connectivity index (χ3n) is 8.20. The predicted molar refractivity (Wildman–Crippen MR) is 171 cm³/mol. The van der Waals surface area contributed by atoms with E-state index in [1.807, 2.05) is 17.0 Å². The molecule has 1 fully saturated rings. The van der Waals surface area contributed by atoms with Gasteiger partial charge in [-0.3, -0.25) is 14.5 Å². The van der Waals surface area contributed by atoms with Gasteiger partial charge in [-0.15, -0.1) is 0 Å². The first-order chi connectivity index (χ1) is 21.2. The highest BCUT2D eigenvalue weighted by Crippen LogP contribution is 2.47. The van der Waals surface area contributed by atoms with Crippen LogP contribution in [0.1, 0.15) is 43.2 Å². The van der Waals surface area contributed by atoms with E-state index >= 15 is 0 Å². The monoisotopic (exact) mass is 647 g/mol. The summed E-state index contributed by atoms with van der Waals surface area (Å²) in [6.45, 7) is 3.73. The van der Waals surface area contributed by atoms with Crippen LogP contribution in [0.3, 0.4) is 0 Å². The van der Waals surface area contributed by atoms with E-state index in [1.165, 1.54) is 7.11 Å². The Kier molecular flexibility index (Phi) is 11.0. The van der Waals surface area contributed by atoms with Crippen molar-refractivity contribution in [3.63, 3.8) is 0 Å². The molecule has 0 radical (unpaired) electrons. The van der Waals surface area contributed by atoms with E-state index in [1.54, 1.807) is 17.0 Å². The van der Waals surface area contributed by atoms with E-state index < -0.39 is 33.9 Å². The zero-order valence-corrected chi connectivity index (χ0v) is 27.9. The maximum Gasteiger partial charge on any atom is 0.308 e. The number of methoxy groups -OCH3 is 1. The smallest absolute Gasteiger partial charge is 0.308 e. The van der Waals surface area contributed by atoms with Gasteiger partial charge in [0.15, 0.2) is 11.5 Å². The average Bonchev–Trinajstić information content (AvgIpc) is 3.56. The fraction of sp³-hybridized carbons (Fsp3) is 0.562. The van der Waals surface area contributed by atoms with Crippen LogP contribution in [0.25, 0.3) is 0 Å². The Morgan fingerprint density at radius 2 is 1.93 bits per heavy atom. The van der Waals surface area contributed by atoms with Gasteiger partial charge in [0.05, 0.1) is 47.0 Å². The second-order valence-electron chi connectivity index (χ2n) is 12.9. The van der Waals surface area contributed by atoms with Crippen LogP contribution in [0.5, 0.6) is 17.2 Å². The molecule has 3 atom stereocenters. The molecule has 1 saturated heterocycles. The summed E-state index contributed by atoms with van der Waals surface area (Å²) in [5, 5.41) is 10.5. The molecule has 0 aromatic heterocycles. The molecule has 0 spiro atoms. The van der Waals surface area contributed by atoms with Crippen molar-refractivity contribution in [2.24, 2.45) is 5.92 Å². The number of ether oxygens (including phenoxy) is 3. The van der Waals surface area contributed by atoms with Gasteiger partial charge in [0.1, 0.15) is 6.54 Å². The van der Waals surface area contributed by atoms with Gasteiger partial charge in [0.2, 0.25) is 28.5 Å². The average molecular weight is 648 g/mol. The van der Waals surface area contributed by atoms with E-state index in [9.17, 15) is 23.1 Å². The third-order valence-corrected chi connectivity index (χ3v) is 8.93. The summed E-state index contributed by atoms with van der Waals surface area (Å²) >= 11 is 0. The molecule has 0 bridgehead atoms. The first-order valence-corrected chi connectivity index (χ1v) is 17.2. The standard InChI is InChI=1S/C32H46N4O8S/c1-7-8-14-35(24-11-9-10-22(15-24)20-36(2,3)4)29(37)19-34-18-25(23-16-27(42-5)31-28(17-23)43-21-44-31)30(32(38)39)26(34)12-13-33-45(6,40)41/h9-11,15-17,25-26,30,33H,7-8,12-14,18-21H2,1-6H3/p+1/t25-,26+,30?/m1/s1. The molecule has 4 rings (SSSR count). The highest BCUT2D eigenvalue weighted by atomic mass is 32.2. The van der Waals surface area contributed by atoms with Crippen molar-refractivity contribution in [2.75, 3.05) is 72.4 Å². The number of amides is 1. The van der Waals surface area contributed by atoms with Gasteiger partial charge in [-0.25, -0.2) is 13.1 Å². The highest BCUT2D eigenvalue weighted by molar-refractivity contribution is 7.88. The van der Waals surface area contributed by atoms with Gasteiger partial charge in [0, 0.05) is 42.8 Å². The van der Waals surface area contributed by atoms with Crippen molar-refractivity contribution < 1.29 is 41.8 Å². The zero-order chi connectivity index (χ0) is 32.9. The number of likely N-dealkylation sites (tertiary alicyclic amines) is 1. The van der Waals surface area contributed by atoms with Gasteiger partial charge in [-0.2, -0.15) is 0 Å². The first-order valence-electron chi connectivity index (χ1n) is 15.3. The number of rotatable bonds is 15. The number of benzene rings is 2. The number of fused-ring (bicyclic) bond motifs is 1. The van der Waals surface area contributed by atoms with E-state index in [4.69, 9.17) is 14.2 Å².